The van der Waals surface area contributed by atoms with Gasteiger partial charge in [0.15, 0.2) is 0 Å². The van der Waals surface area contributed by atoms with Crippen LogP contribution in [0, 0.1) is 0 Å². The molecular weight excluding hydrogens is 332 g/mol. The van der Waals surface area contributed by atoms with Crippen LogP contribution in [0.3, 0.4) is 0 Å². The van der Waals surface area contributed by atoms with Gasteiger partial charge in [0.05, 0.1) is 42.3 Å². The molecule has 0 spiro atoms. The molecular formula is C20H42N2O4+2. The summed E-state index contributed by atoms with van der Waals surface area (Å²) >= 11 is 0. The number of likely N-dealkylation sites (N-methyl/N-ethyl adjacent to an activating group) is 2. The summed E-state index contributed by atoms with van der Waals surface area (Å²) in [6, 6.07) is 0. The average Bonchev–Trinajstić information content (AvgIpc) is 2.47. The van der Waals surface area contributed by atoms with Crippen molar-refractivity contribution in [3.05, 3.63) is 0 Å². The lowest BCUT2D eigenvalue weighted by molar-refractivity contribution is -0.870. The van der Waals surface area contributed by atoms with Crippen LogP contribution in [-0.2, 0) is 19.1 Å². The first-order chi connectivity index (χ1) is 12.0. The summed E-state index contributed by atoms with van der Waals surface area (Å²) in [7, 11) is 12.5. The van der Waals surface area contributed by atoms with E-state index in [0.717, 1.165) is 60.6 Å². The van der Waals surface area contributed by atoms with Gasteiger partial charge in [-0.3, -0.25) is 9.59 Å². The second kappa shape index (κ2) is 13.1. The number of hydrogen-bond acceptors (Lipinski definition) is 4. The summed E-state index contributed by atoms with van der Waals surface area (Å²) in [6.07, 6.45) is 7.07. The highest BCUT2D eigenvalue weighted by atomic mass is 16.5. The Morgan fingerprint density at radius 1 is 0.577 bits per heavy atom. The highest BCUT2D eigenvalue weighted by molar-refractivity contribution is 5.69. The minimum Gasteiger partial charge on any atom is -0.460 e. The molecule has 0 aromatic heterocycles. The first-order valence-corrected chi connectivity index (χ1v) is 9.92. The van der Waals surface area contributed by atoms with E-state index in [-0.39, 0.29) is 11.9 Å². The maximum absolute atomic E-state index is 11.6. The van der Waals surface area contributed by atoms with Crippen molar-refractivity contribution in [3.8, 4) is 0 Å². The van der Waals surface area contributed by atoms with Gasteiger partial charge in [-0.15, -0.1) is 0 Å². The molecule has 0 bridgehead atoms. The van der Waals surface area contributed by atoms with Crippen LogP contribution in [0.25, 0.3) is 0 Å². The zero-order valence-corrected chi connectivity index (χ0v) is 18.0. The average molecular weight is 375 g/mol. The molecule has 26 heavy (non-hydrogen) atoms. The summed E-state index contributed by atoms with van der Waals surface area (Å²) in [4.78, 5) is 23.2. The molecule has 0 saturated carbocycles. The van der Waals surface area contributed by atoms with Crippen molar-refractivity contribution in [1.82, 2.24) is 0 Å². The summed E-state index contributed by atoms with van der Waals surface area (Å²) < 4.78 is 12.1. The van der Waals surface area contributed by atoms with Crippen molar-refractivity contribution in [3.63, 3.8) is 0 Å². The Kier molecular flexibility index (Phi) is 12.5. The zero-order valence-electron chi connectivity index (χ0n) is 18.0. The van der Waals surface area contributed by atoms with Gasteiger partial charge in [-0.25, -0.2) is 0 Å². The van der Waals surface area contributed by atoms with Crippen LogP contribution in [0.2, 0.25) is 0 Å². The number of unbranched alkanes of at least 4 members (excludes halogenated alkanes) is 5. The predicted molar refractivity (Wildman–Crippen MR) is 105 cm³/mol. The molecule has 0 saturated heterocycles. The lowest BCUT2D eigenvalue weighted by Crippen LogP contribution is -2.38. The van der Waals surface area contributed by atoms with Crippen LogP contribution < -0.4 is 0 Å². The normalized spacial score (nSPS) is 12.1. The topological polar surface area (TPSA) is 52.6 Å². The van der Waals surface area contributed by atoms with E-state index in [0.29, 0.717) is 26.1 Å². The first-order valence-electron chi connectivity index (χ1n) is 9.92. The van der Waals surface area contributed by atoms with Gasteiger partial charge in [-0.1, -0.05) is 25.7 Å². The number of quaternary nitrogens is 2. The fraction of sp³-hybridized carbons (Fsp3) is 0.900. The number of nitrogens with zero attached hydrogens (tertiary/aromatic N) is 2. The van der Waals surface area contributed by atoms with Gasteiger partial charge in [0.1, 0.15) is 26.3 Å². The number of esters is 2. The van der Waals surface area contributed by atoms with Gasteiger partial charge in [0.25, 0.3) is 0 Å². The van der Waals surface area contributed by atoms with Crippen molar-refractivity contribution in [2.75, 3.05) is 68.6 Å². The molecule has 154 valence electrons. The Bertz CT molecular complexity index is 360. The zero-order chi connectivity index (χ0) is 20.1. The Morgan fingerprint density at radius 3 is 1.19 bits per heavy atom. The second-order valence-corrected chi connectivity index (χ2v) is 9.09. The third kappa shape index (κ3) is 19.2. The van der Waals surface area contributed by atoms with E-state index < -0.39 is 0 Å². The summed E-state index contributed by atoms with van der Waals surface area (Å²) in [5, 5.41) is 0. The van der Waals surface area contributed by atoms with E-state index in [1.54, 1.807) is 0 Å². The molecule has 0 aromatic rings. The van der Waals surface area contributed by atoms with Crippen molar-refractivity contribution in [1.29, 1.82) is 0 Å². The monoisotopic (exact) mass is 374 g/mol. The number of ether oxygens (including phenoxy) is 2. The molecule has 0 aromatic carbocycles. The lowest BCUT2D eigenvalue weighted by Gasteiger charge is -2.23. The molecule has 0 unspecified atom stereocenters. The van der Waals surface area contributed by atoms with E-state index in [1.165, 1.54) is 0 Å². The van der Waals surface area contributed by atoms with Gasteiger partial charge < -0.3 is 18.4 Å². The SMILES string of the molecule is C[N+](C)(C)CCOC(=O)CCCCCCCCC(=O)OCC[N+](C)(C)C. The van der Waals surface area contributed by atoms with E-state index >= 15 is 0 Å². The molecule has 0 heterocycles. The molecule has 0 rings (SSSR count). The van der Waals surface area contributed by atoms with Gasteiger partial charge in [-0.05, 0) is 12.8 Å². The Labute approximate surface area is 160 Å². The maximum atomic E-state index is 11.6. The van der Waals surface area contributed by atoms with Gasteiger partial charge in [-0.2, -0.15) is 0 Å². The van der Waals surface area contributed by atoms with Gasteiger partial charge >= 0.3 is 11.9 Å². The van der Waals surface area contributed by atoms with Crippen LogP contribution in [0.1, 0.15) is 51.4 Å². The number of hydrogen-bond donors (Lipinski definition) is 0. The fourth-order valence-corrected chi connectivity index (χ4v) is 2.26. The molecule has 0 amide bonds. The number of rotatable bonds is 15. The largest absolute Gasteiger partial charge is 0.460 e. The summed E-state index contributed by atoms with van der Waals surface area (Å²) in [5.74, 6) is -0.176. The minimum absolute atomic E-state index is 0.0879. The van der Waals surface area contributed by atoms with Crippen LogP contribution in [0.5, 0.6) is 0 Å². The number of carbonyl (C=O) groups excluding carboxylic acids is 2. The Hall–Kier alpha value is -1.14. The summed E-state index contributed by atoms with van der Waals surface area (Å²) in [6.45, 7) is 2.66. The highest BCUT2D eigenvalue weighted by Gasteiger charge is 2.10. The first kappa shape index (κ1) is 24.9. The van der Waals surface area contributed by atoms with Crippen molar-refractivity contribution >= 4 is 11.9 Å². The van der Waals surface area contributed by atoms with Crippen molar-refractivity contribution in [2.45, 2.75) is 51.4 Å². The van der Waals surface area contributed by atoms with Gasteiger partial charge in [0.2, 0.25) is 0 Å². The van der Waals surface area contributed by atoms with Crippen LogP contribution in [-0.4, -0.2) is 89.5 Å². The molecule has 6 nitrogen and oxygen atoms in total. The summed E-state index contributed by atoms with van der Waals surface area (Å²) in [5.41, 5.74) is 0. The molecule has 0 fully saturated rings. The van der Waals surface area contributed by atoms with E-state index in [2.05, 4.69) is 42.3 Å². The van der Waals surface area contributed by atoms with Crippen molar-refractivity contribution in [2.24, 2.45) is 0 Å². The molecule has 0 radical (unpaired) electrons. The molecule has 0 N–H and O–H groups in total. The Balaban J connectivity index is 3.40. The lowest BCUT2D eigenvalue weighted by atomic mass is 10.1. The second-order valence-electron chi connectivity index (χ2n) is 9.09. The predicted octanol–water partition coefficient (Wildman–Crippen LogP) is 2.61. The third-order valence-corrected chi connectivity index (χ3v) is 4.06. The number of carbonyl (C=O) groups is 2. The van der Waals surface area contributed by atoms with E-state index in [4.69, 9.17) is 9.47 Å². The Morgan fingerprint density at radius 2 is 0.885 bits per heavy atom. The maximum Gasteiger partial charge on any atom is 0.305 e. The smallest absolute Gasteiger partial charge is 0.305 e. The van der Waals surface area contributed by atoms with Crippen LogP contribution >= 0.6 is 0 Å². The fourth-order valence-electron chi connectivity index (χ4n) is 2.26. The molecule has 0 aliphatic heterocycles. The van der Waals surface area contributed by atoms with Crippen molar-refractivity contribution < 1.29 is 28.0 Å². The third-order valence-electron chi connectivity index (χ3n) is 4.06. The molecule has 0 aliphatic carbocycles. The highest BCUT2D eigenvalue weighted by Crippen LogP contribution is 2.09. The van der Waals surface area contributed by atoms with Crippen LogP contribution in [0.15, 0.2) is 0 Å². The van der Waals surface area contributed by atoms with Crippen LogP contribution in [0.4, 0.5) is 0 Å². The molecule has 0 aliphatic rings. The quantitative estimate of drug-likeness (QED) is 0.251. The minimum atomic E-state index is -0.0879. The van der Waals surface area contributed by atoms with Gasteiger partial charge in [0, 0.05) is 12.8 Å². The van der Waals surface area contributed by atoms with E-state index in [1.807, 2.05) is 0 Å². The standard InChI is InChI=1S/C20H42N2O4/c1-21(2,3)15-17-25-19(23)13-11-9-7-8-10-12-14-20(24)26-18-16-22(4,5)6/h7-18H2,1-6H3/q+2. The molecule has 6 heteroatoms. The van der Waals surface area contributed by atoms with E-state index in [9.17, 15) is 9.59 Å². The molecule has 0 atom stereocenters.